The first-order valence-electron chi connectivity index (χ1n) is 7.70. The Morgan fingerprint density at radius 2 is 1.75 bits per heavy atom. The fraction of sp³-hybridized carbons (Fsp3) is 0.263. The summed E-state index contributed by atoms with van der Waals surface area (Å²) in [5.74, 6) is -0.742. The zero-order valence-corrected chi connectivity index (χ0v) is 13.8. The normalized spacial score (nSPS) is 13.5. The average Bonchev–Trinajstić information content (AvgIpc) is 2.53. The van der Waals surface area contributed by atoms with E-state index >= 15 is 0 Å². The molecule has 0 aliphatic heterocycles. The van der Waals surface area contributed by atoms with Crippen molar-refractivity contribution in [2.45, 2.75) is 25.7 Å². The van der Waals surface area contributed by atoms with Gasteiger partial charge in [-0.15, -0.1) is 0 Å². The van der Waals surface area contributed by atoms with Crippen LogP contribution in [0.4, 0.5) is 0 Å². The van der Waals surface area contributed by atoms with Crippen molar-refractivity contribution in [1.82, 2.24) is 0 Å². The first kappa shape index (κ1) is 17.7. The van der Waals surface area contributed by atoms with Gasteiger partial charge in [-0.2, -0.15) is 0 Å². The van der Waals surface area contributed by atoms with Gasteiger partial charge in [0.1, 0.15) is 17.2 Å². The molecule has 2 aromatic rings. The maximum Gasteiger partial charge on any atom is 0.127 e. The summed E-state index contributed by atoms with van der Waals surface area (Å²) in [5, 5.41) is 39.9. The van der Waals surface area contributed by atoms with E-state index in [9.17, 15) is 20.4 Å². The lowest BCUT2D eigenvalue weighted by Crippen LogP contribution is -2.06. The molecule has 0 unspecified atom stereocenters. The van der Waals surface area contributed by atoms with Crippen molar-refractivity contribution >= 4 is 0 Å². The molecule has 0 radical (unpaired) electrons. The van der Waals surface area contributed by atoms with Crippen LogP contribution in [0, 0.1) is 0 Å². The van der Waals surface area contributed by atoms with Crippen molar-refractivity contribution in [3.8, 4) is 28.4 Å². The van der Waals surface area contributed by atoms with Crippen molar-refractivity contribution in [2.75, 3.05) is 6.61 Å². The molecule has 0 bridgehead atoms. The summed E-state index contributed by atoms with van der Waals surface area (Å²) in [6, 6.07) is 7.70. The molecule has 0 spiro atoms. The Kier molecular flexibility index (Phi) is 5.04. The molecule has 2 aromatic carbocycles. The minimum atomic E-state index is -0.331. The number of phenolic OH excluding ortho intramolecular Hbond substituents is 3. The highest BCUT2D eigenvalue weighted by molar-refractivity contribution is 5.80. The highest BCUT2D eigenvalue weighted by Gasteiger charge is 2.20. The summed E-state index contributed by atoms with van der Waals surface area (Å²) in [5.41, 5.74) is 8.43. The van der Waals surface area contributed by atoms with Crippen LogP contribution in [0.5, 0.6) is 17.2 Å². The van der Waals surface area contributed by atoms with E-state index in [-0.39, 0.29) is 35.7 Å². The predicted molar refractivity (Wildman–Crippen MR) is 94.1 cm³/mol. The van der Waals surface area contributed by atoms with E-state index in [0.29, 0.717) is 22.4 Å². The SMILES string of the molecule is C=C(N)[C@H](C)c1ccc(O)c(-c2c(O)cc(O)cc2[C@H](C)CO)c1. The van der Waals surface area contributed by atoms with Gasteiger partial charge in [0.2, 0.25) is 0 Å². The smallest absolute Gasteiger partial charge is 0.127 e. The standard InChI is InChI=1S/C19H23NO4/c1-10(9-21)15-7-14(22)8-18(24)19(15)16-6-13(4-5-17(16)23)11(2)12(3)20/h4-8,10-11,21-24H,3,9,20H2,1-2H3/t10-,11+/m1/s1. The summed E-state index contributed by atoms with van der Waals surface area (Å²) < 4.78 is 0. The molecule has 128 valence electrons. The summed E-state index contributed by atoms with van der Waals surface area (Å²) in [7, 11) is 0. The minimum absolute atomic E-state index is 0.0130. The van der Waals surface area contributed by atoms with Crippen LogP contribution in [0.2, 0.25) is 0 Å². The number of hydrogen-bond acceptors (Lipinski definition) is 5. The lowest BCUT2D eigenvalue weighted by atomic mass is 9.88. The number of aliphatic hydroxyl groups is 1. The molecule has 5 nitrogen and oxygen atoms in total. The molecule has 6 N–H and O–H groups in total. The van der Waals surface area contributed by atoms with Crippen LogP contribution in [0.15, 0.2) is 42.6 Å². The van der Waals surface area contributed by atoms with Crippen molar-refractivity contribution in [3.63, 3.8) is 0 Å². The van der Waals surface area contributed by atoms with E-state index in [4.69, 9.17) is 5.73 Å². The average molecular weight is 329 g/mol. The van der Waals surface area contributed by atoms with Gasteiger partial charge in [-0.1, -0.05) is 26.5 Å². The predicted octanol–water partition coefficient (Wildman–Crippen LogP) is 3.14. The molecule has 0 amide bonds. The number of allylic oxidation sites excluding steroid dienone is 1. The van der Waals surface area contributed by atoms with E-state index in [0.717, 1.165) is 5.56 Å². The van der Waals surface area contributed by atoms with Gasteiger partial charge in [0.15, 0.2) is 0 Å². The van der Waals surface area contributed by atoms with Crippen LogP contribution in [0.1, 0.15) is 36.8 Å². The second-order valence-electron chi connectivity index (χ2n) is 6.09. The van der Waals surface area contributed by atoms with Crippen LogP contribution in [-0.4, -0.2) is 27.0 Å². The third-order valence-electron chi connectivity index (χ3n) is 4.28. The lowest BCUT2D eigenvalue weighted by molar-refractivity contribution is 0.273. The van der Waals surface area contributed by atoms with Gasteiger partial charge in [-0.25, -0.2) is 0 Å². The monoisotopic (exact) mass is 329 g/mol. The molecular formula is C19H23NO4. The third-order valence-corrected chi connectivity index (χ3v) is 4.28. The molecule has 5 heteroatoms. The number of benzene rings is 2. The minimum Gasteiger partial charge on any atom is -0.508 e. The molecule has 2 atom stereocenters. The van der Waals surface area contributed by atoms with Crippen molar-refractivity contribution in [3.05, 3.63) is 53.7 Å². The van der Waals surface area contributed by atoms with Crippen LogP contribution in [0.3, 0.4) is 0 Å². The summed E-state index contributed by atoms with van der Waals surface area (Å²) in [6.07, 6.45) is 0. The molecule has 0 heterocycles. The van der Waals surface area contributed by atoms with E-state index < -0.39 is 0 Å². The largest absolute Gasteiger partial charge is 0.508 e. The quantitative estimate of drug-likeness (QED) is 0.579. The molecule has 0 saturated heterocycles. The molecular weight excluding hydrogens is 306 g/mol. The molecule has 0 aliphatic carbocycles. The van der Waals surface area contributed by atoms with Crippen LogP contribution in [0.25, 0.3) is 11.1 Å². The van der Waals surface area contributed by atoms with E-state index in [1.807, 2.05) is 6.92 Å². The lowest BCUT2D eigenvalue weighted by Gasteiger charge is -2.19. The first-order chi connectivity index (χ1) is 11.3. The van der Waals surface area contributed by atoms with E-state index in [1.54, 1.807) is 19.1 Å². The first-order valence-corrected chi connectivity index (χ1v) is 7.70. The van der Waals surface area contributed by atoms with Crippen molar-refractivity contribution < 1.29 is 20.4 Å². The van der Waals surface area contributed by atoms with Gasteiger partial charge in [-0.05, 0) is 29.3 Å². The number of phenols is 3. The number of nitrogens with two attached hydrogens (primary N) is 1. The van der Waals surface area contributed by atoms with Crippen molar-refractivity contribution in [2.24, 2.45) is 5.73 Å². The van der Waals surface area contributed by atoms with Gasteiger partial charge in [0.05, 0.1) is 0 Å². The Morgan fingerprint density at radius 3 is 2.33 bits per heavy atom. The molecule has 0 aliphatic rings. The Bertz CT molecular complexity index is 770. The fourth-order valence-corrected chi connectivity index (χ4v) is 2.65. The van der Waals surface area contributed by atoms with Crippen LogP contribution in [-0.2, 0) is 0 Å². The zero-order valence-electron chi connectivity index (χ0n) is 13.8. The summed E-state index contributed by atoms with van der Waals surface area (Å²) >= 11 is 0. The van der Waals surface area contributed by atoms with Crippen molar-refractivity contribution in [1.29, 1.82) is 0 Å². The second-order valence-corrected chi connectivity index (χ2v) is 6.09. The van der Waals surface area contributed by atoms with Gasteiger partial charge in [-0.3, -0.25) is 0 Å². The molecule has 24 heavy (non-hydrogen) atoms. The van der Waals surface area contributed by atoms with Gasteiger partial charge >= 0.3 is 0 Å². The maximum absolute atomic E-state index is 10.3. The maximum atomic E-state index is 10.3. The van der Waals surface area contributed by atoms with E-state index in [2.05, 4.69) is 6.58 Å². The molecule has 2 rings (SSSR count). The van der Waals surface area contributed by atoms with E-state index in [1.165, 1.54) is 18.2 Å². The second kappa shape index (κ2) is 6.84. The Labute approximate surface area is 141 Å². The topological polar surface area (TPSA) is 107 Å². The summed E-state index contributed by atoms with van der Waals surface area (Å²) in [6.45, 7) is 7.25. The Balaban J connectivity index is 2.72. The Hall–Kier alpha value is -2.66. The molecule has 0 fully saturated rings. The highest BCUT2D eigenvalue weighted by Crippen LogP contribution is 2.43. The molecule has 0 aromatic heterocycles. The van der Waals surface area contributed by atoms with Crippen LogP contribution >= 0.6 is 0 Å². The molecule has 0 saturated carbocycles. The van der Waals surface area contributed by atoms with Gasteiger partial charge in [0, 0.05) is 41.3 Å². The van der Waals surface area contributed by atoms with Gasteiger partial charge in [0.25, 0.3) is 0 Å². The zero-order chi connectivity index (χ0) is 18.0. The number of aromatic hydroxyl groups is 3. The number of rotatable bonds is 5. The number of aliphatic hydroxyl groups excluding tert-OH is 1. The van der Waals surface area contributed by atoms with Gasteiger partial charge < -0.3 is 26.2 Å². The number of hydrogen-bond donors (Lipinski definition) is 5. The van der Waals surface area contributed by atoms with Crippen LogP contribution < -0.4 is 5.73 Å². The third kappa shape index (κ3) is 3.31. The fourth-order valence-electron chi connectivity index (χ4n) is 2.65. The summed E-state index contributed by atoms with van der Waals surface area (Å²) in [4.78, 5) is 0. The Morgan fingerprint density at radius 1 is 1.08 bits per heavy atom. The highest BCUT2D eigenvalue weighted by atomic mass is 16.3.